The lowest BCUT2D eigenvalue weighted by Crippen LogP contribution is -1.92. The van der Waals surface area contributed by atoms with E-state index < -0.39 is 0 Å². The Morgan fingerprint density at radius 3 is 2.68 bits per heavy atom. The molecule has 0 atom stereocenters. The van der Waals surface area contributed by atoms with Crippen molar-refractivity contribution in [2.45, 2.75) is 13.8 Å². The highest BCUT2D eigenvalue weighted by Gasteiger charge is 2.10. The van der Waals surface area contributed by atoms with E-state index in [4.69, 9.17) is 0 Å². The fraction of sp³-hybridized carbons (Fsp3) is 0.125. The second kappa shape index (κ2) is 4.43. The molecule has 3 aromatic rings. The highest BCUT2D eigenvalue weighted by atomic mass is 19.1. The summed E-state index contributed by atoms with van der Waals surface area (Å²) < 4.78 is 13.8. The number of halogens is 1. The van der Waals surface area contributed by atoms with E-state index >= 15 is 0 Å². The second-order valence-electron chi connectivity index (χ2n) is 4.67. The summed E-state index contributed by atoms with van der Waals surface area (Å²) in [4.78, 5) is 8.64. The minimum atomic E-state index is -0.246. The zero-order chi connectivity index (χ0) is 13.4. The summed E-state index contributed by atoms with van der Waals surface area (Å²) in [6.45, 7) is 3.90. The number of pyridine rings is 2. The van der Waals surface area contributed by atoms with E-state index in [9.17, 15) is 4.39 Å². The third-order valence-corrected chi connectivity index (χ3v) is 3.20. The first-order valence-corrected chi connectivity index (χ1v) is 6.13. The minimum Gasteiger partial charge on any atom is -0.261 e. The van der Waals surface area contributed by atoms with Crippen LogP contribution in [0, 0.1) is 19.7 Å². The number of fused-ring (bicyclic) bond motifs is 1. The number of aromatic nitrogens is 2. The SMILES string of the molecule is Cc1cc(-c2cc(F)cc3cccnc23)c(C)cn1. The van der Waals surface area contributed by atoms with Gasteiger partial charge >= 0.3 is 0 Å². The van der Waals surface area contributed by atoms with E-state index in [0.717, 1.165) is 33.3 Å². The number of rotatable bonds is 1. The van der Waals surface area contributed by atoms with Gasteiger partial charge in [-0.15, -0.1) is 0 Å². The number of hydrogen-bond acceptors (Lipinski definition) is 2. The molecule has 1 aromatic carbocycles. The van der Waals surface area contributed by atoms with Gasteiger partial charge in [-0.3, -0.25) is 9.97 Å². The van der Waals surface area contributed by atoms with Crippen LogP contribution in [0.1, 0.15) is 11.3 Å². The third kappa shape index (κ3) is 2.08. The van der Waals surface area contributed by atoms with Gasteiger partial charge in [-0.05, 0) is 49.2 Å². The molecule has 3 rings (SSSR count). The van der Waals surface area contributed by atoms with Gasteiger partial charge in [0.15, 0.2) is 0 Å². The molecular formula is C16H13FN2. The Hall–Kier alpha value is -2.29. The Bertz CT molecular complexity index is 766. The predicted octanol–water partition coefficient (Wildman–Crippen LogP) is 4.05. The van der Waals surface area contributed by atoms with Gasteiger partial charge < -0.3 is 0 Å². The maximum Gasteiger partial charge on any atom is 0.124 e. The van der Waals surface area contributed by atoms with Crippen molar-refractivity contribution >= 4 is 10.9 Å². The topological polar surface area (TPSA) is 25.8 Å². The molecule has 0 aliphatic rings. The van der Waals surface area contributed by atoms with Gasteiger partial charge in [0.2, 0.25) is 0 Å². The summed E-state index contributed by atoms with van der Waals surface area (Å²) >= 11 is 0. The smallest absolute Gasteiger partial charge is 0.124 e. The van der Waals surface area contributed by atoms with Crippen molar-refractivity contribution in [2.75, 3.05) is 0 Å². The van der Waals surface area contributed by atoms with E-state index in [-0.39, 0.29) is 5.82 Å². The first-order chi connectivity index (χ1) is 9.15. The fourth-order valence-corrected chi connectivity index (χ4v) is 2.28. The van der Waals surface area contributed by atoms with Crippen molar-refractivity contribution in [3.8, 4) is 11.1 Å². The summed E-state index contributed by atoms with van der Waals surface area (Å²) in [7, 11) is 0. The van der Waals surface area contributed by atoms with Crippen LogP contribution in [-0.2, 0) is 0 Å². The molecule has 0 saturated heterocycles. The minimum absolute atomic E-state index is 0.246. The largest absolute Gasteiger partial charge is 0.261 e. The normalized spacial score (nSPS) is 10.9. The molecular weight excluding hydrogens is 239 g/mol. The molecule has 0 fully saturated rings. The molecule has 2 aromatic heterocycles. The molecule has 0 unspecified atom stereocenters. The Morgan fingerprint density at radius 2 is 1.84 bits per heavy atom. The number of hydrogen-bond donors (Lipinski definition) is 0. The Kier molecular flexibility index (Phi) is 2.75. The summed E-state index contributed by atoms with van der Waals surface area (Å²) in [6.07, 6.45) is 3.54. The highest BCUT2D eigenvalue weighted by Crippen LogP contribution is 2.30. The van der Waals surface area contributed by atoms with Crippen molar-refractivity contribution in [2.24, 2.45) is 0 Å². The standard InChI is InChI=1S/C16H13FN2/c1-10-9-19-11(2)6-14(10)15-8-13(17)7-12-4-3-5-18-16(12)15/h3-9H,1-2H3. The molecule has 0 aliphatic heterocycles. The zero-order valence-electron chi connectivity index (χ0n) is 10.8. The van der Waals surface area contributed by atoms with Crippen molar-refractivity contribution in [1.29, 1.82) is 0 Å². The van der Waals surface area contributed by atoms with Crippen molar-refractivity contribution < 1.29 is 4.39 Å². The zero-order valence-corrected chi connectivity index (χ0v) is 10.8. The molecule has 0 spiro atoms. The molecule has 0 N–H and O–H groups in total. The molecule has 3 heteroatoms. The lowest BCUT2D eigenvalue weighted by Gasteiger charge is -2.10. The number of benzene rings is 1. The lowest BCUT2D eigenvalue weighted by atomic mass is 9.98. The van der Waals surface area contributed by atoms with E-state index in [1.165, 1.54) is 12.1 Å². The molecule has 19 heavy (non-hydrogen) atoms. The van der Waals surface area contributed by atoms with Crippen LogP contribution in [0.3, 0.4) is 0 Å². The Balaban J connectivity index is 2.38. The number of aryl methyl sites for hydroxylation is 2. The van der Waals surface area contributed by atoms with E-state index in [1.807, 2.05) is 38.2 Å². The Morgan fingerprint density at radius 1 is 1.00 bits per heavy atom. The number of nitrogens with zero attached hydrogens (tertiary/aromatic N) is 2. The monoisotopic (exact) mass is 252 g/mol. The summed E-state index contributed by atoms with van der Waals surface area (Å²) in [5.41, 5.74) is 4.55. The summed E-state index contributed by atoms with van der Waals surface area (Å²) in [6, 6.07) is 8.71. The molecule has 2 nitrogen and oxygen atoms in total. The van der Waals surface area contributed by atoms with Crippen LogP contribution in [0.25, 0.3) is 22.0 Å². The molecule has 0 amide bonds. The maximum atomic E-state index is 13.8. The predicted molar refractivity (Wildman–Crippen MR) is 74.4 cm³/mol. The fourth-order valence-electron chi connectivity index (χ4n) is 2.28. The van der Waals surface area contributed by atoms with Gasteiger partial charge in [0.05, 0.1) is 5.52 Å². The van der Waals surface area contributed by atoms with E-state index in [0.29, 0.717) is 0 Å². The first-order valence-electron chi connectivity index (χ1n) is 6.13. The average molecular weight is 252 g/mol. The van der Waals surface area contributed by atoms with Gasteiger partial charge in [0.25, 0.3) is 0 Å². The molecule has 0 bridgehead atoms. The van der Waals surface area contributed by atoms with Crippen LogP contribution >= 0.6 is 0 Å². The van der Waals surface area contributed by atoms with Crippen molar-refractivity contribution in [1.82, 2.24) is 9.97 Å². The maximum absolute atomic E-state index is 13.8. The van der Waals surface area contributed by atoms with Gasteiger partial charge in [-0.25, -0.2) is 4.39 Å². The molecule has 0 radical (unpaired) electrons. The van der Waals surface area contributed by atoms with Crippen LogP contribution in [0.4, 0.5) is 4.39 Å². The van der Waals surface area contributed by atoms with Crippen LogP contribution in [-0.4, -0.2) is 9.97 Å². The van der Waals surface area contributed by atoms with Gasteiger partial charge in [0, 0.05) is 29.0 Å². The van der Waals surface area contributed by atoms with E-state index in [2.05, 4.69) is 9.97 Å². The van der Waals surface area contributed by atoms with Gasteiger partial charge in [-0.2, -0.15) is 0 Å². The van der Waals surface area contributed by atoms with Crippen molar-refractivity contribution in [3.63, 3.8) is 0 Å². The molecule has 0 aliphatic carbocycles. The van der Waals surface area contributed by atoms with E-state index in [1.54, 1.807) is 6.20 Å². The second-order valence-corrected chi connectivity index (χ2v) is 4.67. The highest BCUT2D eigenvalue weighted by molar-refractivity contribution is 5.94. The first kappa shape index (κ1) is 11.8. The Labute approximate surface area is 111 Å². The van der Waals surface area contributed by atoms with Crippen LogP contribution in [0.5, 0.6) is 0 Å². The average Bonchev–Trinajstić information content (AvgIpc) is 2.40. The molecule has 94 valence electrons. The summed E-state index contributed by atoms with van der Waals surface area (Å²) in [5, 5.41) is 0.811. The van der Waals surface area contributed by atoms with Crippen LogP contribution in [0.15, 0.2) is 42.7 Å². The molecule has 0 saturated carbocycles. The lowest BCUT2D eigenvalue weighted by molar-refractivity contribution is 0.630. The summed E-state index contributed by atoms with van der Waals surface area (Å²) in [5.74, 6) is -0.246. The van der Waals surface area contributed by atoms with Crippen LogP contribution in [0.2, 0.25) is 0 Å². The molecule has 2 heterocycles. The van der Waals surface area contributed by atoms with Gasteiger partial charge in [0.1, 0.15) is 5.82 Å². The van der Waals surface area contributed by atoms with Gasteiger partial charge in [-0.1, -0.05) is 6.07 Å². The third-order valence-electron chi connectivity index (χ3n) is 3.20. The van der Waals surface area contributed by atoms with Crippen molar-refractivity contribution in [3.05, 3.63) is 59.8 Å². The van der Waals surface area contributed by atoms with Crippen LogP contribution < -0.4 is 0 Å². The quantitative estimate of drug-likeness (QED) is 0.653.